The fourth-order valence-corrected chi connectivity index (χ4v) is 2.53. The molecule has 2 aromatic rings. The summed E-state index contributed by atoms with van der Waals surface area (Å²) in [7, 11) is 3.78. The zero-order valence-electron chi connectivity index (χ0n) is 12.8. The summed E-state index contributed by atoms with van der Waals surface area (Å²) in [4.78, 5) is 0. The molecule has 108 valence electrons. The Labute approximate surface area is 119 Å². The second-order valence-electron chi connectivity index (χ2n) is 5.81. The van der Waals surface area contributed by atoms with Crippen LogP contribution < -0.4 is 14.6 Å². The maximum atomic E-state index is 13.3. The molecule has 1 unspecified atom stereocenters. The van der Waals surface area contributed by atoms with Crippen molar-refractivity contribution in [2.75, 3.05) is 5.32 Å². The molecule has 0 aliphatic heterocycles. The normalized spacial score (nSPS) is 12.9. The van der Waals surface area contributed by atoms with E-state index in [0.29, 0.717) is 12.0 Å². The van der Waals surface area contributed by atoms with Crippen LogP contribution in [-0.4, -0.2) is 11.1 Å². The number of aryl methyl sites for hydroxylation is 2. The summed E-state index contributed by atoms with van der Waals surface area (Å²) < 4.78 is 17.0. The first-order valence-electron chi connectivity index (χ1n) is 7.00. The number of anilines is 1. The van der Waals surface area contributed by atoms with Gasteiger partial charge in [0.1, 0.15) is 5.82 Å². The van der Waals surface area contributed by atoms with E-state index in [9.17, 15) is 4.39 Å². The van der Waals surface area contributed by atoms with Gasteiger partial charge in [-0.15, -0.1) is 0 Å². The van der Waals surface area contributed by atoms with Crippen LogP contribution in [0.1, 0.15) is 27.2 Å². The number of nitrogens with zero attached hydrogens (tertiary/aromatic N) is 3. The van der Waals surface area contributed by atoms with Gasteiger partial charge in [0, 0.05) is 0 Å². The van der Waals surface area contributed by atoms with Gasteiger partial charge in [0.15, 0.2) is 17.7 Å². The average molecular weight is 278 g/mol. The van der Waals surface area contributed by atoms with Crippen LogP contribution in [0.4, 0.5) is 10.3 Å². The minimum atomic E-state index is -0.246. The van der Waals surface area contributed by atoms with Crippen molar-refractivity contribution >= 4 is 17.0 Å². The third kappa shape index (κ3) is 3.03. The Kier molecular flexibility index (Phi) is 4.16. The van der Waals surface area contributed by atoms with Crippen LogP contribution in [0.3, 0.4) is 0 Å². The van der Waals surface area contributed by atoms with Gasteiger partial charge < -0.3 is 0 Å². The van der Waals surface area contributed by atoms with Crippen LogP contribution in [0, 0.1) is 11.7 Å². The number of rotatable bonds is 4. The number of nitrogens with one attached hydrogen (secondary N) is 1. The molecule has 0 saturated carbocycles. The molecule has 0 spiro atoms. The fraction of sp³-hybridized carbons (Fsp3) is 0.533. The molecular formula is C15H23FN4+2. The van der Waals surface area contributed by atoms with E-state index < -0.39 is 0 Å². The van der Waals surface area contributed by atoms with Crippen molar-refractivity contribution in [1.82, 2.24) is 5.10 Å². The Balaban J connectivity index is 2.40. The van der Waals surface area contributed by atoms with Crippen molar-refractivity contribution in [1.29, 1.82) is 0 Å². The van der Waals surface area contributed by atoms with Crippen molar-refractivity contribution < 1.29 is 13.6 Å². The summed E-state index contributed by atoms with van der Waals surface area (Å²) in [5.41, 5.74) is 1.72. The van der Waals surface area contributed by atoms with Gasteiger partial charge in [0.2, 0.25) is 0 Å². The van der Waals surface area contributed by atoms with Gasteiger partial charge in [-0.2, -0.15) is 0 Å². The van der Waals surface area contributed by atoms with Gasteiger partial charge in [-0.3, -0.25) is 5.32 Å². The summed E-state index contributed by atoms with van der Waals surface area (Å²) in [5, 5.41) is 7.92. The first kappa shape index (κ1) is 14.6. The van der Waals surface area contributed by atoms with Crippen molar-refractivity contribution in [3.8, 4) is 0 Å². The van der Waals surface area contributed by atoms with Crippen molar-refractivity contribution in [3.05, 3.63) is 24.0 Å². The second-order valence-corrected chi connectivity index (χ2v) is 5.81. The summed E-state index contributed by atoms with van der Waals surface area (Å²) in [6.45, 7) is 6.56. The third-order valence-electron chi connectivity index (χ3n) is 3.41. The Hall–Kier alpha value is -1.78. The zero-order chi connectivity index (χ0) is 14.9. The lowest BCUT2D eigenvalue weighted by atomic mass is 10.1. The molecule has 1 heterocycles. The summed E-state index contributed by atoms with van der Waals surface area (Å²) in [6.07, 6.45) is 1.08. The summed E-state index contributed by atoms with van der Waals surface area (Å²) in [5.74, 6) is 1.18. The Morgan fingerprint density at radius 2 is 1.90 bits per heavy atom. The monoisotopic (exact) mass is 278 g/mol. The molecule has 2 rings (SSSR count). The summed E-state index contributed by atoms with van der Waals surface area (Å²) in [6, 6.07) is 5.10. The molecule has 1 aromatic carbocycles. The standard InChI is InChI=1S/C15H22FN4/c1-10(2)8-11(3)17-15-18-20(5)14-9-12(16)6-7-13(14)19(15)4/h6-7,9-11H,8H2,1-5H3/q+1/p+1. The zero-order valence-corrected chi connectivity index (χ0v) is 12.8. The predicted molar refractivity (Wildman–Crippen MR) is 76.6 cm³/mol. The average Bonchev–Trinajstić information content (AvgIpc) is 2.34. The number of benzene rings is 1. The van der Waals surface area contributed by atoms with Gasteiger partial charge in [-0.25, -0.2) is 8.96 Å². The van der Waals surface area contributed by atoms with Crippen molar-refractivity contribution in [3.63, 3.8) is 0 Å². The molecule has 4 nitrogen and oxygen atoms in total. The molecule has 0 amide bonds. The molecule has 1 aromatic heterocycles. The van der Waals surface area contributed by atoms with E-state index in [2.05, 4.69) is 31.2 Å². The van der Waals surface area contributed by atoms with Crippen LogP contribution in [0.25, 0.3) is 11.0 Å². The molecule has 5 heteroatoms. The van der Waals surface area contributed by atoms with Gasteiger partial charge in [-0.05, 0) is 36.1 Å². The number of fused-ring (bicyclic) bond motifs is 1. The first-order chi connectivity index (χ1) is 9.38. The van der Waals surface area contributed by atoms with E-state index in [1.165, 1.54) is 12.1 Å². The molecule has 0 fully saturated rings. The minimum absolute atomic E-state index is 0.246. The molecule has 0 bridgehead atoms. The van der Waals surface area contributed by atoms with Crippen LogP contribution in [0.2, 0.25) is 0 Å². The van der Waals surface area contributed by atoms with Crippen LogP contribution >= 0.6 is 0 Å². The number of hydrogen-bond donors (Lipinski definition) is 1. The quantitative estimate of drug-likeness (QED) is 0.866. The lowest BCUT2D eigenvalue weighted by Crippen LogP contribution is -2.46. The van der Waals surface area contributed by atoms with E-state index in [4.69, 9.17) is 0 Å². The number of hydrogen-bond acceptors (Lipinski definition) is 2. The topological polar surface area (TPSA) is 32.7 Å². The van der Waals surface area contributed by atoms with Crippen molar-refractivity contribution in [2.24, 2.45) is 20.0 Å². The predicted octanol–water partition coefficient (Wildman–Crippen LogP) is 1.87. The van der Waals surface area contributed by atoms with Crippen LogP contribution in [0.5, 0.6) is 0 Å². The second kappa shape index (κ2) is 5.69. The Morgan fingerprint density at radius 3 is 2.55 bits per heavy atom. The van der Waals surface area contributed by atoms with E-state index in [0.717, 1.165) is 23.4 Å². The lowest BCUT2D eigenvalue weighted by molar-refractivity contribution is -0.733. The Morgan fingerprint density at radius 1 is 1.20 bits per heavy atom. The maximum absolute atomic E-state index is 13.3. The molecule has 20 heavy (non-hydrogen) atoms. The molecule has 0 saturated heterocycles. The largest absolute Gasteiger partial charge is 0.458 e. The lowest BCUT2D eigenvalue weighted by Gasteiger charge is -2.12. The van der Waals surface area contributed by atoms with Gasteiger partial charge in [0.05, 0.1) is 19.2 Å². The molecule has 1 N–H and O–H groups in total. The molecule has 1 atom stereocenters. The SMILES string of the molecule is CC(C)CC(C)Nc1n[n+](C)c2cc(F)ccc2[n+]1C. The van der Waals surface area contributed by atoms with E-state index in [1.807, 2.05) is 18.7 Å². The number of halogens is 1. The number of aromatic nitrogens is 3. The first-order valence-corrected chi connectivity index (χ1v) is 7.00. The van der Waals surface area contributed by atoms with Gasteiger partial charge in [-0.1, -0.05) is 13.8 Å². The fourth-order valence-electron chi connectivity index (χ4n) is 2.53. The Bertz CT molecular complexity index is 625. The summed E-state index contributed by atoms with van der Waals surface area (Å²) >= 11 is 0. The van der Waals surface area contributed by atoms with Crippen molar-refractivity contribution in [2.45, 2.75) is 33.2 Å². The highest BCUT2D eigenvalue weighted by Crippen LogP contribution is 2.11. The molecular weight excluding hydrogens is 255 g/mol. The highest BCUT2D eigenvalue weighted by atomic mass is 19.1. The smallest absolute Gasteiger partial charge is 0.267 e. The van der Waals surface area contributed by atoms with E-state index in [-0.39, 0.29) is 5.82 Å². The van der Waals surface area contributed by atoms with Crippen LogP contribution in [-0.2, 0) is 14.1 Å². The molecule has 0 aliphatic carbocycles. The van der Waals surface area contributed by atoms with Gasteiger partial charge in [0.25, 0.3) is 5.52 Å². The minimum Gasteiger partial charge on any atom is -0.267 e. The highest BCUT2D eigenvalue weighted by molar-refractivity contribution is 5.67. The highest BCUT2D eigenvalue weighted by Gasteiger charge is 2.24. The van der Waals surface area contributed by atoms with E-state index in [1.54, 1.807) is 10.7 Å². The van der Waals surface area contributed by atoms with Crippen LogP contribution in [0.15, 0.2) is 18.2 Å². The van der Waals surface area contributed by atoms with E-state index >= 15 is 0 Å². The maximum Gasteiger partial charge on any atom is 0.458 e. The van der Waals surface area contributed by atoms with Gasteiger partial charge >= 0.3 is 5.95 Å². The molecule has 0 radical (unpaired) electrons. The molecule has 0 aliphatic rings. The third-order valence-corrected chi connectivity index (χ3v) is 3.41.